The van der Waals surface area contributed by atoms with E-state index in [1.807, 2.05) is 37.3 Å². The van der Waals surface area contributed by atoms with Crippen molar-refractivity contribution in [1.82, 2.24) is 9.88 Å². The fourth-order valence-electron chi connectivity index (χ4n) is 2.89. The first-order valence-electron chi connectivity index (χ1n) is 8.69. The van der Waals surface area contributed by atoms with Crippen molar-refractivity contribution in [1.29, 1.82) is 0 Å². The molecular weight excluding hydrogens is 374 g/mol. The fraction of sp³-hybridized carbons (Fsp3) is 0.143. The first-order chi connectivity index (χ1) is 13.3. The minimum atomic E-state index is -3.74. The minimum Gasteiger partial charge on any atom is -0.335 e. The summed E-state index contributed by atoms with van der Waals surface area (Å²) in [5.41, 5.74) is 2.51. The number of nitrogens with zero attached hydrogens (tertiary/aromatic N) is 2. The number of hydrogen-bond donors (Lipinski definition) is 1. The maximum absolute atomic E-state index is 12.6. The van der Waals surface area contributed by atoms with Crippen LogP contribution < -0.4 is 5.14 Å². The lowest BCUT2D eigenvalue weighted by Gasteiger charge is -2.24. The molecule has 144 valence electrons. The number of benzene rings is 2. The molecule has 1 heterocycles. The summed E-state index contributed by atoms with van der Waals surface area (Å²) in [5, 5.41) is 6.13. The van der Waals surface area contributed by atoms with E-state index in [0.717, 1.165) is 22.0 Å². The summed E-state index contributed by atoms with van der Waals surface area (Å²) in [6.45, 7) is 1.87. The van der Waals surface area contributed by atoms with Crippen LogP contribution in [0.2, 0.25) is 0 Å². The second-order valence-electron chi connectivity index (χ2n) is 6.49. The van der Waals surface area contributed by atoms with E-state index in [1.165, 1.54) is 18.2 Å². The molecule has 1 atom stereocenters. The van der Waals surface area contributed by atoms with Gasteiger partial charge in [-0.05, 0) is 36.8 Å². The molecule has 0 radical (unpaired) electrons. The molecule has 0 bridgehead atoms. The average Bonchev–Trinajstić information content (AvgIpc) is 2.70. The second kappa shape index (κ2) is 7.92. The van der Waals surface area contributed by atoms with Crippen molar-refractivity contribution in [3.05, 3.63) is 78.0 Å². The molecule has 1 amide bonds. The molecule has 6 nitrogen and oxygen atoms in total. The number of amides is 1. The summed E-state index contributed by atoms with van der Waals surface area (Å²) in [4.78, 5) is 18.6. The van der Waals surface area contributed by atoms with Crippen LogP contribution in [0.5, 0.6) is 0 Å². The number of fused-ring (bicyclic) bond motifs is 1. The topological polar surface area (TPSA) is 93.4 Å². The largest absolute Gasteiger partial charge is 0.335 e. The highest BCUT2D eigenvalue weighted by molar-refractivity contribution is 7.89. The molecular formula is C21H21N3O3S. The van der Waals surface area contributed by atoms with Gasteiger partial charge in [0.15, 0.2) is 0 Å². The molecule has 28 heavy (non-hydrogen) atoms. The number of rotatable bonds is 5. The maximum Gasteiger partial charge on any atom is 0.246 e. The van der Waals surface area contributed by atoms with Crippen LogP contribution in [-0.4, -0.2) is 31.3 Å². The number of aromatic nitrogens is 1. The van der Waals surface area contributed by atoms with Crippen molar-refractivity contribution in [3.8, 4) is 0 Å². The van der Waals surface area contributed by atoms with Gasteiger partial charge in [0.2, 0.25) is 15.9 Å². The second-order valence-corrected chi connectivity index (χ2v) is 8.06. The van der Waals surface area contributed by atoms with Gasteiger partial charge >= 0.3 is 0 Å². The van der Waals surface area contributed by atoms with Gasteiger partial charge in [0, 0.05) is 30.3 Å². The van der Waals surface area contributed by atoms with Gasteiger partial charge in [-0.1, -0.05) is 36.4 Å². The Hall–Kier alpha value is -3.03. The quantitative estimate of drug-likeness (QED) is 0.672. The number of hydrogen-bond acceptors (Lipinski definition) is 4. The third-order valence-electron chi connectivity index (χ3n) is 4.69. The predicted octanol–water partition coefficient (Wildman–Crippen LogP) is 3.12. The van der Waals surface area contributed by atoms with Crippen molar-refractivity contribution in [2.45, 2.75) is 17.9 Å². The van der Waals surface area contributed by atoms with Gasteiger partial charge in [-0.3, -0.25) is 9.78 Å². The van der Waals surface area contributed by atoms with E-state index in [2.05, 4.69) is 4.98 Å². The number of likely N-dealkylation sites (N-methyl/N-ethyl adjacent to an activating group) is 1. The molecule has 0 saturated heterocycles. The van der Waals surface area contributed by atoms with Crippen molar-refractivity contribution in [2.24, 2.45) is 5.14 Å². The minimum absolute atomic E-state index is 0.0424. The van der Waals surface area contributed by atoms with E-state index in [0.29, 0.717) is 0 Å². The van der Waals surface area contributed by atoms with Crippen LogP contribution in [0.3, 0.4) is 0 Å². The van der Waals surface area contributed by atoms with Gasteiger partial charge in [0.1, 0.15) is 0 Å². The predicted molar refractivity (Wildman–Crippen MR) is 110 cm³/mol. The molecule has 1 aromatic heterocycles. The monoisotopic (exact) mass is 395 g/mol. The number of nitrogens with two attached hydrogens (primary N) is 1. The molecule has 7 heteroatoms. The number of sulfonamides is 1. The molecule has 1 unspecified atom stereocenters. The molecule has 0 spiro atoms. The van der Waals surface area contributed by atoms with Gasteiger partial charge < -0.3 is 4.90 Å². The van der Waals surface area contributed by atoms with Gasteiger partial charge in [0.05, 0.1) is 16.5 Å². The Morgan fingerprint density at radius 3 is 2.46 bits per heavy atom. The van der Waals surface area contributed by atoms with E-state index in [1.54, 1.807) is 36.4 Å². The Labute approximate surface area is 164 Å². The van der Waals surface area contributed by atoms with Crippen LogP contribution in [-0.2, 0) is 14.8 Å². The van der Waals surface area contributed by atoms with Crippen LogP contribution in [0, 0.1) is 0 Å². The summed E-state index contributed by atoms with van der Waals surface area (Å²) in [7, 11) is -2.04. The van der Waals surface area contributed by atoms with Crippen LogP contribution in [0.25, 0.3) is 17.0 Å². The molecule has 0 aliphatic heterocycles. The third-order valence-corrected chi connectivity index (χ3v) is 5.62. The van der Waals surface area contributed by atoms with Crippen LogP contribution in [0.1, 0.15) is 24.1 Å². The molecule has 3 rings (SSSR count). The zero-order valence-corrected chi connectivity index (χ0v) is 16.4. The molecule has 0 aliphatic rings. The summed E-state index contributed by atoms with van der Waals surface area (Å²) >= 11 is 0. The summed E-state index contributed by atoms with van der Waals surface area (Å²) in [6.07, 6.45) is 4.99. The highest BCUT2D eigenvalue weighted by atomic mass is 32.2. The zero-order valence-electron chi connectivity index (χ0n) is 15.6. The molecule has 0 aliphatic carbocycles. The van der Waals surface area contributed by atoms with E-state index in [-0.39, 0.29) is 16.8 Å². The number of carbonyl (C=O) groups excluding carboxylic acids is 1. The lowest BCUT2D eigenvalue weighted by Crippen LogP contribution is -2.28. The Morgan fingerprint density at radius 1 is 1.11 bits per heavy atom. The molecule has 3 aromatic rings. The van der Waals surface area contributed by atoms with Crippen LogP contribution >= 0.6 is 0 Å². The molecule has 2 aromatic carbocycles. The van der Waals surface area contributed by atoms with Gasteiger partial charge in [-0.2, -0.15) is 0 Å². The van der Waals surface area contributed by atoms with Gasteiger partial charge in [0.25, 0.3) is 0 Å². The fourth-order valence-corrected chi connectivity index (χ4v) is 3.41. The van der Waals surface area contributed by atoms with E-state index in [9.17, 15) is 13.2 Å². The van der Waals surface area contributed by atoms with E-state index < -0.39 is 10.0 Å². The zero-order chi connectivity index (χ0) is 20.3. The van der Waals surface area contributed by atoms with Crippen molar-refractivity contribution >= 4 is 32.9 Å². The number of pyridine rings is 1. The van der Waals surface area contributed by atoms with Crippen molar-refractivity contribution in [2.75, 3.05) is 7.05 Å². The summed E-state index contributed by atoms with van der Waals surface area (Å²) in [5.74, 6) is -0.170. The number of para-hydroxylation sites is 1. The summed E-state index contributed by atoms with van der Waals surface area (Å²) < 4.78 is 22.7. The van der Waals surface area contributed by atoms with Crippen molar-refractivity contribution < 1.29 is 13.2 Å². The van der Waals surface area contributed by atoms with E-state index >= 15 is 0 Å². The normalized spacial score (nSPS) is 13.0. The molecule has 2 N–H and O–H groups in total. The number of carbonyl (C=O) groups is 1. The maximum atomic E-state index is 12.6. The first-order valence-corrected chi connectivity index (χ1v) is 10.2. The number of primary sulfonamides is 1. The lowest BCUT2D eigenvalue weighted by atomic mass is 10.1. The molecule has 0 saturated carbocycles. The lowest BCUT2D eigenvalue weighted by molar-refractivity contribution is -0.126. The average molecular weight is 395 g/mol. The van der Waals surface area contributed by atoms with Crippen LogP contribution in [0.15, 0.2) is 71.8 Å². The standard InChI is InChI=1S/C21H21N3O3S/c1-15(16-8-11-19(12-9-16)28(22,26)27)24(2)20(25)13-10-18-6-3-5-17-7-4-14-23-21(17)18/h3-15H,1-2H3,(H2,22,26,27). The highest BCUT2D eigenvalue weighted by Gasteiger charge is 2.16. The third kappa shape index (κ3) is 4.27. The molecule has 0 fully saturated rings. The van der Waals surface area contributed by atoms with Gasteiger partial charge in [-0.15, -0.1) is 0 Å². The van der Waals surface area contributed by atoms with Crippen molar-refractivity contribution in [3.63, 3.8) is 0 Å². The van der Waals surface area contributed by atoms with Crippen LogP contribution in [0.4, 0.5) is 0 Å². The highest BCUT2D eigenvalue weighted by Crippen LogP contribution is 2.22. The SMILES string of the molecule is CC(c1ccc(S(N)(=O)=O)cc1)N(C)C(=O)C=Cc1cccc2cccnc12. The first kappa shape index (κ1) is 19.7. The smallest absolute Gasteiger partial charge is 0.246 e. The van der Waals surface area contributed by atoms with Gasteiger partial charge in [-0.25, -0.2) is 13.6 Å². The van der Waals surface area contributed by atoms with E-state index in [4.69, 9.17) is 5.14 Å². The Kier molecular flexibility index (Phi) is 5.58. The Bertz CT molecular complexity index is 1130. The summed E-state index contributed by atoms with van der Waals surface area (Å²) in [6, 6.07) is 15.6. The Balaban J connectivity index is 1.77. The Morgan fingerprint density at radius 2 is 1.79 bits per heavy atom.